The lowest BCUT2D eigenvalue weighted by Crippen LogP contribution is -2.49. The monoisotopic (exact) mass is 357 g/mol. The lowest BCUT2D eigenvalue weighted by Gasteiger charge is -2.35. The van der Waals surface area contributed by atoms with E-state index in [1.807, 2.05) is 15.7 Å². The van der Waals surface area contributed by atoms with E-state index in [2.05, 4.69) is 15.0 Å². The molecule has 1 atom stereocenters. The summed E-state index contributed by atoms with van der Waals surface area (Å²) in [5.74, 6) is 0. The number of carbonyl (C=O) groups excluding carboxylic acids is 1. The first-order valence-electron chi connectivity index (χ1n) is 8.40. The van der Waals surface area contributed by atoms with Crippen LogP contribution in [-0.2, 0) is 16.6 Å². The van der Waals surface area contributed by atoms with Crippen molar-refractivity contribution in [3.63, 3.8) is 0 Å². The van der Waals surface area contributed by atoms with Gasteiger partial charge in [0.1, 0.15) is 0 Å². The van der Waals surface area contributed by atoms with Crippen LogP contribution >= 0.6 is 0 Å². The largest absolute Gasteiger partial charge is 0.338 e. The van der Waals surface area contributed by atoms with Crippen molar-refractivity contribution < 1.29 is 13.2 Å². The highest BCUT2D eigenvalue weighted by atomic mass is 32.2. The van der Waals surface area contributed by atoms with Crippen LogP contribution in [0.4, 0.5) is 4.79 Å². The smallest absolute Gasteiger partial charge is 0.317 e. The number of hydrogen-bond acceptors (Lipinski definition) is 4. The maximum Gasteiger partial charge on any atom is 0.317 e. The molecule has 0 aliphatic carbocycles. The van der Waals surface area contributed by atoms with Crippen molar-refractivity contribution in [3.8, 4) is 0 Å². The molecule has 1 aromatic rings. The minimum Gasteiger partial charge on any atom is -0.338 e. The Hall–Kier alpha value is -1.61. The maximum atomic E-state index is 12.4. The molecule has 0 spiro atoms. The molecule has 8 nitrogen and oxygen atoms in total. The lowest BCUT2D eigenvalue weighted by molar-refractivity contribution is 0.147. The van der Waals surface area contributed by atoms with Gasteiger partial charge in [-0.3, -0.25) is 0 Å². The molecule has 136 valence electrons. The van der Waals surface area contributed by atoms with E-state index < -0.39 is 10.0 Å². The normalized spacial score (nSPS) is 18.5. The summed E-state index contributed by atoms with van der Waals surface area (Å²) in [5, 5.41) is 2.97. The van der Waals surface area contributed by atoms with Crippen molar-refractivity contribution in [2.75, 3.05) is 25.9 Å². The van der Waals surface area contributed by atoms with E-state index in [9.17, 15) is 13.2 Å². The van der Waals surface area contributed by atoms with Gasteiger partial charge in [0.2, 0.25) is 10.0 Å². The summed E-state index contributed by atoms with van der Waals surface area (Å²) in [4.78, 5) is 18.2. The van der Waals surface area contributed by atoms with E-state index in [1.165, 1.54) is 0 Å². The highest BCUT2D eigenvalue weighted by Gasteiger charge is 2.26. The number of hydrogen-bond donors (Lipinski definition) is 2. The highest BCUT2D eigenvalue weighted by molar-refractivity contribution is 7.88. The zero-order chi connectivity index (χ0) is 17.4. The number of sulfonamides is 1. The van der Waals surface area contributed by atoms with Crippen molar-refractivity contribution in [1.82, 2.24) is 24.5 Å². The molecule has 1 aliphatic heterocycles. The Kier molecular flexibility index (Phi) is 7.04. The average molecular weight is 357 g/mol. The molecular weight excluding hydrogens is 330 g/mol. The van der Waals surface area contributed by atoms with Gasteiger partial charge < -0.3 is 14.8 Å². The van der Waals surface area contributed by atoms with Crippen LogP contribution in [0.2, 0.25) is 0 Å². The van der Waals surface area contributed by atoms with E-state index in [-0.39, 0.29) is 12.1 Å². The third-order valence-corrected chi connectivity index (χ3v) is 4.89. The van der Waals surface area contributed by atoms with E-state index in [0.717, 1.165) is 45.0 Å². The summed E-state index contributed by atoms with van der Waals surface area (Å²) in [6.45, 7) is 2.54. The first kappa shape index (κ1) is 18.7. The van der Waals surface area contributed by atoms with E-state index in [1.54, 1.807) is 12.5 Å². The number of nitrogens with zero attached hydrogens (tertiary/aromatic N) is 3. The van der Waals surface area contributed by atoms with Gasteiger partial charge in [0.25, 0.3) is 0 Å². The molecule has 24 heavy (non-hydrogen) atoms. The first-order valence-corrected chi connectivity index (χ1v) is 10.3. The average Bonchev–Trinajstić information content (AvgIpc) is 3.04. The number of amides is 2. The summed E-state index contributed by atoms with van der Waals surface area (Å²) in [6.07, 6.45) is 11.0. The summed E-state index contributed by atoms with van der Waals surface area (Å²) in [5.41, 5.74) is 0. The standard InChI is InChI=1S/C15H27N5O3S/c1-24(22,23)18-8-6-14-5-2-3-11-20(14)15(21)17-7-4-10-19-12-9-16-13-19/h9,12-14,18H,2-8,10-11H2,1H3,(H,17,21). The number of imidazole rings is 1. The predicted molar refractivity (Wildman–Crippen MR) is 92.1 cm³/mol. The molecule has 1 fully saturated rings. The van der Waals surface area contributed by atoms with Crippen molar-refractivity contribution in [3.05, 3.63) is 18.7 Å². The molecule has 1 aromatic heterocycles. The molecule has 0 saturated carbocycles. The maximum absolute atomic E-state index is 12.4. The van der Waals surface area contributed by atoms with Crippen LogP contribution in [0.3, 0.4) is 0 Å². The molecule has 0 aromatic carbocycles. The second kappa shape index (κ2) is 9.03. The van der Waals surface area contributed by atoms with E-state index >= 15 is 0 Å². The van der Waals surface area contributed by atoms with Crippen LogP contribution in [-0.4, -0.2) is 60.8 Å². The molecule has 2 amide bonds. The Morgan fingerprint density at radius 2 is 2.17 bits per heavy atom. The second-order valence-corrected chi connectivity index (χ2v) is 8.02. The molecule has 9 heteroatoms. The van der Waals surface area contributed by atoms with Crippen molar-refractivity contribution >= 4 is 16.1 Å². The molecule has 0 bridgehead atoms. The minimum absolute atomic E-state index is 0.0512. The van der Waals surface area contributed by atoms with Crippen molar-refractivity contribution in [2.45, 2.75) is 44.7 Å². The summed E-state index contributed by atoms with van der Waals surface area (Å²) >= 11 is 0. The van der Waals surface area contributed by atoms with Gasteiger partial charge in [0.05, 0.1) is 12.6 Å². The lowest BCUT2D eigenvalue weighted by atomic mass is 10.00. The van der Waals surface area contributed by atoms with Crippen molar-refractivity contribution in [2.24, 2.45) is 0 Å². The summed E-state index contributed by atoms with van der Waals surface area (Å²) in [7, 11) is -3.18. The highest BCUT2D eigenvalue weighted by Crippen LogP contribution is 2.19. The van der Waals surface area contributed by atoms with Crippen molar-refractivity contribution in [1.29, 1.82) is 0 Å². The molecule has 1 unspecified atom stereocenters. The number of aromatic nitrogens is 2. The van der Waals surface area contributed by atoms with Crippen LogP contribution in [0, 0.1) is 0 Å². The third kappa shape index (κ3) is 6.48. The number of urea groups is 1. The first-order chi connectivity index (χ1) is 11.5. The van der Waals surface area contributed by atoms with Crippen LogP contribution in [0.5, 0.6) is 0 Å². The quantitative estimate of drug-likeness (QED) is 0.672. The van der Waals surface area contributed by atoms with Gasteiger partial charge in [0.15, 0.2) is 0 Å². The Balaban J connectivity index is 1.72. The fourth-order valence-corrected chi connectivity index (χ4v) is 3.45. The van der Waals surface area contributed by atoms with Crippen LogP contribution in [0.15, 0.2) is 18.7 Å². The van der Waals surface area contributed by atoms with Gasteiger partial charge in [-0.15, -0.1) is 0 Å². The minimum atomic E-state index is -3.18. The van der Waals surface area contributed by atoms with Gasteiger partial charge in [-0.25, -0.2) is 22.9 Å². The summed E-state index contributed by atoms with van der Waals surface area (Å²) in [6, 6.07) is 0.0475. The van der Waals surface area contributed by atoms with Gasteiger partial charge in [-0.05, 0) is 32.1 Å². The van der Waals surface area contributed by atoms with Gasteiger partial charge in [-0.1, -0.05) is 0 Å². The fourth-order valence-electron chi connectivity index (χ4n) is 2.96. The van der Waals surface area contributed by atoms with Crippen LogP contribution in [0.1, 0.15) is 32.1 Å². The fraction of sp³-hybridized carbons (Fsp3) is 0.733. The number of nitrogens with one attached hydrogen (secondary N) is 2. The Labute approximate surface area is 143 Å². The molecule has 0 radical (unpaired) electrons. The van der Waals surface area contributed by atoms with E-state index in [0.29, 0.717) is 19.5 Å². The molecular formula is C15H27N5O3S. The molecule has 1 aliphatic rings. The zero-order valence-corrected chi connectivity index (χ0v) is 15.0. The van der Waals surface area contributed by atoms with Gasteiger partial charge in [0, 0.05) is 44.6 Å². The number of rotatable bonds is 8. The predicted octanol–water partition coefficient (Wildman–Crippen LogP) is 0.777. The topological polar surface area (TPSA) is 96.3 Å². The van der Waals surface area contributed by atoms with Crippen LogP contribution < -0.4 is 10.0 Å². The SMILES string of the molecule is CS(=O)(=O)NCCC1CCCCN1C(=O)NCCCn1ccnc1. The second-order valence-electron chi connectivity index (χ2n) is 6.18. The van der Waals surface area contributed by atoms with Gasteiger partial charge >= 0.3 is 6.03 Å². The Morgan fingerprint density at radius 3 is 2.88 bits per heavy atom. The zero-order valence-electron chi connectivity index (χ0n) is 14.1. The summed E-state index contributed by atoms with van der Waals surface area (Å²) < 4.78 is 26.8. The number of carbonyl (C=O) groups is 1. The molecule has 2 N–H and O–H groups in total. The molecule has 2 heterocycles. The van der Waals surface area contributed by atoms with Crippen LogP contribution in [0.25, 0.3) is 0 Å². The van der Waals surface area contributed by atoms with Gasteiger partial charge in [-0.2, -0.15) is 0 Å². The number of likely N-dealkylation sites (tertiary alicyclic amines) is 1. The third-order valence-electron chi connectivity index (χ3n) is 4.16. The Bertz CT molecular complexity index is 603. The molecule has 2 rings (SSSR count). The van der Waals surface area contributed by atoms with E-state index in [4.69, 9.17) is 0 Å². The Morgan fingerprint density at radius 1 is 1.33 bits per heavy atom. The number of aryl methyl sites for hydroxylation is 1. The molecule has 1 saturated heterocycles. The number of piperidine rings is 1.